The quantitative estimate of drug-likeness (QED) is 0.370. The zero-order valence-electron chi connectivity index (χ0n) is 19.7. The Morgan fingerprint density at radius 3 is 2.54 bits per heavy atom. The average Bonchev–Trinajstić information content (AvgIpc) is 3.48. The highest BCUT2D eigenvalue weighted by Crippen LogP contribution is 2.35. The predicted octanol–water partition coefficient (Wildman–Crippen LogP) is 4.85. The molecule has 0 fully saturated rings. The third-order valence-corrected chi connectivity index (χ3v) is 8.14. The van der Waals surface area contributed by atoms with Crippen LogP contribution in [-0.2, 0) is 16.4 Å². The van der Waals surface area contributed by atoms with Crippen molar-refractivity contribution in [3.05, 3.63) is 94.4 Å². The highest BCUT2D eigenvalue weighted by atomic mass is 32.2. The summed E-state index contributed by atoms with van der Waals surface area (Å²) in [6.45, 7) is 5.89. The maximum absolute atomic E-state index is 13.5. The number of nitrogens with zero attached hydrogens (tertiary/aromatic N) is 3. The summed E-state index contributed by atoms with van der Waals surface area (Å²) < 4.78 is 28.4. The van der Waals surface area contributed by atoms with E-state index in [1.807, 2.05) is 26.0 Å². The fourth-order valence-electron chi connectivity index (χ4n) is 4.67. The highest BCUT2D eigenvalue weighted by Gasteiger charge is 2.25. The van der Waals surface area contributed by atoms with Crippen LogP contribution in [0.15, 0.2) is 65.7 Å². The van der Waals surface area contributed by atoms with Crippen LogP contribution in [0, 0.1) is 25.2 Å². The van der Waals surface area contributed by atoms with Crippen LogP contribution in [0.5, 0.6) is 0 Å². The molecule has 3 N–H and O–H groups in total. The lowest BCUT2D eigenvalue weighted by Crippen LogP contribution is -2.17. The number of nitriles is 1. The molecule has 3 aromatic carbocycles. The SMILES string of the molecule is CCc1cc(C)c2c(ccn2S(=O)(=O)c2ccc(C)cc2)c1C(N)c1nc2ccc(C#N)cc2[nH]1. The van der Waals surface area contributed by atoms with Crippen LogP contribution in [0.3, 0.4) is 0 Å². The number of nitrogens with one attached hydrogen (secondary N) is 1. The van der Waals surface area contributed by atoms with Crippen LogP contribution < -0.4 is 5.73 Å². The van der Waals surface area contributed by atoms with E-state index in [0.717, 1.165) is 45.1 Å². The van der Waals surface area contributed by atoms with E-state index in [-0.39, 0.29) is 4.90 Å². The van der Waals surface area contributed by atoms with Crippen LogP contribution in [0.2, 0.25) is 0 Å². The van der Waals surface area contributed by atoms with Gasteiger partial charge in [0.1, 0.15) is 5.82 Å². The molecule has 0 aliphatic rings. The molecule has 5 rings (SSSR count). The standard InChI is InChI=1S/C27H25N5O2S/c1-4-19-13-17(3)26-21(11-12-32(26)35(33,34)20-8-5-16(2)6-9-20)24(19)25(29)27-30-22-10-7-18(15-28)14-23(22)31-27/h5-14,25H,4,29H2,1-3H3,(H,30,31). The second-order valence-electron chi connectivity index (χ2n) is 8.76. The Morgan fingerprint density at radius 2 is 1.86 bits per heavy atom. The average molecular weight is 484 g/mol. The summed E-state index contributed by atoms with van der Waals surface area (Å²) in [5.41, 5.74) is 13.1. The molecule has 0 spiro atoms. The fraction of sp³-hybridized carbons (Fsp3) is 0.185. The number of benzene rings is 3. The summed E-state index contributed by atoms with van der Waals surface area (Å²) in [5, 5.41) is 9.99. The van der Waals surface area contributed by atoms with E-state index in [1.54, 1.807) is 48.7 Å². The first-order chi connectivity index (χ1) is 16.7. The molecule has 5 aromatic rings. The van der Waals surface area contributed by atoms with Crippen LogP contribution in [0.25, 0.3) is 21.9 Å². The monoisotopic (exact) mass is 483 g/mol. The second-order valence-corrected chi connectivity index (χ2v) is 10.6. The Hall–Kier alpha value is -3.93. The van der Waals surface area contributed by atoms with Crippen LogP contribution >= 0.6 is 0 Å². The van der Waals surface area contributed by atoms with Crippen molar-refractivity contribution in [3.63, 3.8) is 0 Å². The number of fused-ring (bicyclic) bond motifs is 2. The van der Waals surface area contributed by atoms with Gasteiger partial charge in [0.25, 0.3) is 10.0 Å². The Bertz CT molecular complexity index is 1740. The molecule has 7 nitrogen and oxygen atoms in total. The number of rotatable bonds is 5. The Balaban J connectivity index is 1.70. The van der Waals surface area contributed by atoms with Crippen molar-refractivity contribution in [2.45, 2.75) is 38.1 Å². The fourth-order valence-corrected chi connectivity index (χ4v) is 6.08. The molecule has 176 valence electrons. The third kappa shape index (κ3) is 3.70. The molecular weight excluding hydrogens is 458 g/mol. The van der Waals surface area contributed by atoms with Gasteiger partial charge >= 0.3 is 0 Å². The Labute approximate surface area is 203 Å². The Kier molecular flexibility index (Phi) is 5.47. The highest BCUT2D eigenvalue weighted by molar-refractivity contribution is 7.90. The summed E-state index contributed by atoms with van der Waals surface area (Å²) in [4.78, 5) is 8.15. The topological polar surface area (TPSA) is 118 Å². The minimum absolute atomic E-state index is 0.232. The zero-order valence-corrected chi connectivity index (χ0v) is 20.5. The Morgan fingerprint density at radius 1 is 1.11 bits per heavy atom. The summed E-state index contributed by atoms with van der Waals surface area (Å²) in [6.07, 6.45) is 2.33. The summed E-state index contributed by atoms with van der Waals surface area (Å²) in [5.74, 6) is 0.559. The number of hydrogen-bond donors (Lipinski definition) is 2. The lowest BCUT2D eigenvalue weighted by atomic mass is 9.92. The van der Waals surface area contributed by atoms with E-state index in [9.17, 15) is 13.7 Å². The molecule has 0 aliphatic heterocycles. The first-order valence-corrected chi connectivity index (χ1v) is 12.8. The molecular formula is C27H25N5O2S. The van der Waals surface area contributed by atoms with Crippen LogP contribution in [0.4, 0.5) is 0 Å². The van der Waals surface area contributed by atoms with Crippen molar-refractivity contribution in [2.75, 3.05) is 0 Å². The van der Waals surface area contributed by atoms with Gasteiger partial charge in [0.2, 0.25) is 0 Å². The molecule has 1 unspecified atom stereocenters. The lowest BCUT2D eigenvalue weighted by molar-refractivity contribution is 0.589. The smallest absolute Gasteiger partial charge is 0.268 e. The van der Waals surface area contributed by atoms with Gasteiger partial charge in [-0.2, -0.15) is 5.26 Å². The maximum Gasteiger partial charge on any atom is 0.268 e. The van der Waals surface area contributed by atoms with Gasteiger partial charge in [0.15, 0.2) is 0 Å². The molecule has 2 heterocycles. The van der Waals surface area contributed by atoms with E-state index in [2.05, 4.69) is 23.0 Å². The van der Waals surface area contributed by atoms with Gasteiger partial charge in [-0.15, -0.1) is 0 Å². The van der Waals surface area contributed by atoms with Crippen molar-refractivity contribution in [2.24, 2.45) is 5.73 Å². The van der Waals surface area contributed by atoms with Gasteiger partial charge in [-0.25, -0.2) is 17.4 Å². The van der Waals surface area contributed by atoms with Crippen molar-refractivity contribution in [1.29, 1.82) is 5.26 Å². The number of aryl methyl sites for hydroxylation is 3. The summed E-state index contributed by atoms with van der Waals surface area (Å²) in [6, 6.07) is 17.4. The normalized spacial score (nSPS) is 12.8. The third-order valence-electron chi connectivity index (χ3n) is 6.45. The lowest BCUT2D eigenvalue weighted by Gasteiger charge is -2.18. The van der Waals surface area contributed by atoms with E-state index >= 15 is 0 Å². The van der Waals surface area contributed by atoms with E-state index in [1.165, 1.54) is 3.97 Å². The number of nitrogens with two attached hydrogens (primary N) is 1. The molecule has 8 heteroatoms. The second kappa shape index (κ2) is 8.38. The van der Waals surface area contributed by atoms with Crippen LogP contribution in [0.1, 0.15) is 46.6 Å². The van der Waals surface area contributed by atoms with E-state index < -0.39 is 16.1 Å². The molecule has 0 bridgehead atoms. The minimum atomic E-state index is -3.79. The summed E-state index contributed by atoms with van der Waals surface area (Å²) in [7, 11) is -3.79. The maximum atomic E-state index is 13.5. The predicted molar refractivity (Wildman–Crippen MR) is 137 cm³/mol. The van der Waals surface area contributed by atoms with E-state index in [4.69, 9.17) is 5.73 Å². The number of imidazole rings is 1. The van der Waals surface area contributed by atoms with Crippen molar-refractivity contribution < 1.29 is 8.42 Å². The molecule has 2 aromatic heterocycles. The molecule has 35 heavy (non-hydrogen) atoms. The molecule has 0 saturated heterocycles. The number of hydrogen-bond acceptors (Lipinski definition) is 5. The van der Waals surface area contributed by atoms with Gasteiger partial charge in [0.05, 0.1) is 39.1 Å². The number of aromatic nitrogens is 3. The molecule has 0 amide bonds. The molecule has 1 atom stereocenters. The van der Waals surface area contributed by atoms with E-state index in [0.29, 0.717) is 16.9 Å². The molecule has 0 saturated carbocycles. The number of H-pyrrole nitrogens is 1. The summed E-state index contributed by atoms with van der Waals surface area (Å²) >= 11 is 0. The molecule has 0 aliphatic carbocycles. The zero-order chi connectivity index (χ0) is 24.9. The molecule has 0 radical (unpaired) electrons. The van der Waals surface area contributed by atoms with Gasteiger partial charge in [-0.1, -0.05) is 30.7 Å². The van der Waals surface area contributed by atoms with Gasteiger partial charge in [-0.05, 0) is 73.4 Å². The van der Waals surface area contributed by atoms with Crippen LogP contribution in [-0.4, -0.2) is 22.4 Å². The minimum Gasteiger partial charge on any atom is -0.340 e. The van der Waals surface area contributed by atoms with Crippen molar-refractivity contribution >= 4 is 32.0 Å². The first kappa shape index (κ1) is 22.8. The first-order valence-electron chi connectivity index (χ1n) is 11.4. The number of aromatic amines is 1. The van der Waals surface area contributed by atoms with Gasteiger partial charge < -0.3 is 10.7 Å². The van der Waals surface area contributed by atoms with Crippen molar-refractivity contribution in [3.8, 4) is 6.07 Å². The van der Waals surface area contributed by atoms with Gasteiger partial charge in [0, 0.05) is 11.6 Å². The van der Waals surface area contributed by atoms with Crippen molar-refractivity contribution in [1.82, 2.24) is 13.9 Å². The van der Waals surface area contributed by atoms with Gasteiger partial charge in [-0.3, -0.25) is 0 Å². The largest absolute Gasteiger partial charge is 0.340 e.